The predicted octanol–water partition coefficient (Wildman–Crippen LogP) is 7.28. The molecule has 29 heavy (non-hydrogen) atoms. The van der Waals surface area contributed by atoms with Crippen LogP contribution < -0.4 is 14.8 Å². The minimum atomic E-state index is -0.00736. The lowest BCUT2D eigenvalue weighted by atomic mass is 9.82. The lowest BCUT2D eigenvalue weighted by Gasteiger charge is -2.33. The molecule has 0 spiro atoms. The molecule has 0 saturated heterocycles. The van der Waals surface area contributed by atoms with Gasteiger partial charge in [0.15, 0.2) is 11.5 Å². The van der Waals surface area contributed by atoms with E-state index in [0.29, 0.717) is 41.3 Å². The largest absolute Gasteiger partial charge is 0.490 e. The van der Waals surface area contributed by atoms with E-state index in [9.17, 15) is 0 Å². The predicted molar refractivity (Wildman–Crippen MR) is 123 cm³/mol. The van der Waals surface area contributed by atoms with Crippen LogP contribution in [0.5, 0.6) is 11.5 Å². The maximum Gasteiger partial charge on any atom is 0.163 e. The molecule has 2 rings (SSSR count). The first-order valence-electron chi connectivity index (χ1n) is 10.1. The molecule has 0 aliphatic rings. The molecule has 0 bridgehead atoms. The Balaban J connectivity index is 2.15. The third kappa shape index (κ3) is 7.73. The number of halogens is 2. The first kappa shape index (κ1) is 23.9. The van der Waals surface area contributed by atoms with Gasteiger partial charge in [-0.05, 0) is 50.3 Å². The quantitative estimate of drug-likeness (QED) is 0.446. The van der Waals surface area contributed by atoms with Crippen molar-refractivity contribution in [2.75, 3.05) is 6.61 Å². The van der Waals surface area contributed by atoms with Crippen molar-refractivity contribution in [3.05, 3.63) is 57.6 Å². The zero-order valence-corrected chi connectivity index (χ0v) is 19.9. The molecule has 3 nitrogen and oxygen atoms in total. The van der Waals surface area contributed by atoms with Crippen molar-refractivity contribution in [2.24, 2.45) is 5.41 Å². The summed E-state index contributed by atoms with van der Waals surface area (Å²) < 4.78 is 11.8. The van der Waals surface area contributed by atoms with Gasteiger partial charge in [0.1, 0.15) is 6.61 Å². The van der Waals surface area contributed by atoms with Crippen LogP contribution in [0.4, 0.5) is 0 Å². The molecule has 160 valence electrons. The van der Waals surface area contributed by atoms with E-state index in [1.165, 1.54) is 0 Å². The van der Waals surface area contributed by atoms with E-state index in [0.717, 1.165) is 17.5 Å². The average Bonchev–Trinajstić information content (AvgIpc) is 2.60. The number of hydrogen-bond donors (Lipinski definition) is 1. The van der Waals surface area contributed by atoms with Gasteiger partial charge in [0.2, 0.25) is 0 Å². The zero-order chi connectivity index (χ0) is 21.7. The average molecular weight is 438 g/mol. The first-order valence-corrected chi connectivity index (χ1v) is 10.8. The Morgan fingerprint density at radius 3 is 2.14 bits per heavy atom. The van der Waals surface area contributed by atoms with Gasteiger partial charge < -0.3 is 14.8 Å². The summed E-state index contributed by atoms with van der Waals surface area (Å²) in [4.78, 5) is 0. The number of nitrogens with one attached hydrogen (secondary N) is 1. The topological polar surface area (TPSA) is 30.5 Å². The summed E-state index contributed by atoms with van der Waals surface area (Å²) >= 11 is 12.8. The fourth-order valence-electron chi connectivity index (χ4n) is 3.59. The highest BCUT2D eigenvalue weighted by atomic mass is 35.5. The number of ether oxygens (including phenoxy) is 2. The molecule has 0 aromatic heterocycles. The fourth-order valence-corrected chi connectivity index (χ4v) is 4.00. The van der Waals surface area contributed by atoms with Crippen molar-refractivity contribution in [1.82, 2.24) is 5.32 Å². The van der Waals surface area contributed by atoms with Crippen LogP contribution in [0.2, 0.25) is 10.0 Å². The molecule has 5 heteroatoms. The summed E-state index contributed by atoms with van der Waals surface area (Å²) in [5.74, 6) is 1.31. The monoisotopic (exact) mass is 437 g/mol. The molecule has 0 fully saturated rings. The highest BCUT2D eigenvalue weighted by Crippen LogP contribution is 2.35. The molecule has 0 radical (unpaired) electrons. The second-order valence-electron chi connectivity index (χ2n) is 9.18. The van der Waals surface area contributed by atoms with Crippen molar-refractivity contribution >= 4 is 23.2 Å². The van der Waals surface area contributed by atoms with E-state index in [1.807, 2.05) is 43.3 Å². The van der Waals surface area contributed by atoms with E-state index in [1.54, 1.807) is 0 Å². The van der Waals surface area contributed by atoms with Gasteiger partial charge in [-0.25, -0.2) is 0 Å². The molecule has 2 aromatic rings. The van der Waals surface area contributed by atoms with Crippen molar-refractivity contribution in [1.29, 1.82) is 0 Å². The van der Waals surface area contributed by atoms with E-state index in [2.05, 4.69) is 39.9 Å². The Bertz CT molecular complexity index is 813. The summed E-state index contributed by atoms with van der Waals surface area (Å²) in [6.07, 6.45) is 1.05. The van der Waals surface area contributed by atoms with Crippen LogP contribution in [0, 0.1) is 5.41 Å². The lowest BCUT2D eigenvalue weighted by molar-refractivity contribution is 0.240. The van der Waals surface area contributed by atoms with Crippen molar-refractivity contribution in [3.63, 3.8) is 0 Å². The van der Waals surface area contributed by atoms with Crippen molar-refractivity contribution in [2.45, 2.75) is 66.7 Å². The van der Waals surface area contributed by atoms with Crippen LogP contribution in [0.1, 0.15) is 59.1 Å². The van der Waals surface area contributed by atoms with E-state index in [-0.39, 0.29) is 11.0 Å². The third-order valence-corrected chi connectivity index (χ3v) is 5.20. The number of benzene rings is 2. The molecular weight excluding hydrogens is 405 g/mol. The Hall–Kier alpha value is -1.42. The summed E-state index contributed by atoms with van der Waals surface area (Å²) in [5, 5.41) is 4.96. The van der Waals surface area contributed by atoms with Crippen LogP contribution >= 0.6 is 23.2 Å². The maximum atomic E-state index is 6.57. The smallest absolute Gasteiger partial charge is 0.163 e. The molecule has 0 atom stereocenters. The molecule has 0 aliphatic heterocycles. The fraction of sp³-hybridized carbons (Fsp3) is 0.500. The van der Waals surface area contributed by atoms with E-state index < -0.39 is 0 Å². The Kier molecular flexibility index (Phi) is 8.28. The van der Waals surface area contributed by atoms with Gasteiger partial charge in [-0.2, -0.15) is 0 Å². The standard InChI is InChI=1S/C24H33Cl2NO2/c1-7-28-21-12-18(14-27-24(5,6)16-23(2,3)4)20(26)13-22(21)29-15-17-10-8-9-11-19(17)25/h8-13,27H,7,14-16H2,1-6H3. The molecule has 0 heterocycles. The highest BCUT2D eigenvalue weighted by molar-refractivity contribution is 6.31. The molecule has 1 N–H and O–H groups in total. The van der Waals surface area contributed by atoms with Gasteiger partial charge in [0.05, 0.1) is 6.61 Å². The summed E-state index contributed by atoms with van der Waals surface area (Å²) in [7, 11) is 0. The van der Waals surface area contributed by atoms with Gasteiger partial charge in [0.25, 0.3) is 0 Å². The minimum absolute atomic E-state index is 0.00736. The van der Waals surface area contributed by atoms with E-state index >= 15 is 0 Å². The van der Waals surface area contributed by atoms with Gasteiger partial charge in [0, 0.05) is 33.8 Å². The molecule has 0 aliphatic carbocycles. The normalized spacial score (nSPS) is 12.1. The van der Waals surface area contributed by atoms with Crippen LogP contribution in [0.15, 0.2) is 36.4 Å². The van der Waals surface area contributed by atoms with E-state index in [4.69, 9.17) is 32.7 Å². The first-order chi connectivity index (χ1) is 13.5. The second-order valence-corrected chi connectivity index (χ2v) is 9.99. The van der Waals surface area contributed by atoms with Crippen molar-refractivity contribution < 1.29 is 9.47 Å². The second kappa shape index (κ2) is 10.1. The SMILES string of the molecule is CCOc1cc(CNC(C)(C)CC(C)(C)C)c(Cl)cc1OCc1ccccc1Cl. The molecule has 0 saturated carbocycles. The molecule has 0 unspecified atom stereocenters. The van der Waals surface area contributed by atoms with Gasteiger partial charge >= 0.3 is 0 Å². The molecule has 2 aromatic carbocycles. The van der Waals surface area contributed by atoms with Crippen LogP contribution in [0.25, 0.3) is 0 Å². The third-order valence-electron chi connectivity index (χ3n) is 4.48. The van der Waals surface area contributed by atoms with Crippen LogP contribution in [-0.4, -0.2) is 12.1 Å². The zero-order valence-electron chi connectivity index (χ0n) is 18.4. The molecule has 0 amide bonds. The number of rotatable bonds is 9. The van der Waals surface area contributed by atoms with Gasteiger partial charge in [-0.1, -0.05) is 62.2 Å². The summed E-state index contributed by atoms with van der Waals surface area (Å²) in [6.45, 7) is 14.7. The van der Waals surface area contributed by atoms with Crippen LogP contribution in [-0.2, 0) is 13.2 Å². The van der Waals surface area contributed by atoms with Gasteiger partial charge in [-0.15, -0.1) is 0 Å². The lowest BCUT2D eigenvalue weighted by Crippen LogP contribution is -2.41. The Morgan fingerprint density at radius 2 is 1.52 bits per heavy atom. The van der Waals surface area contributed by atoms with Gasteiger partial charge in [-0.3, -0.25) is 0 Å². The number of hydrogen-bond acceptors (Lipinski definition) is 3. The Labute approximate surface area is 185 Å². The summed E-state index contributed by atoms with van der Waals surface area (Å²) in [5.41, 5.74) is 2.14. The summed E-state index contributed by atoms with van der Waals surface area (Å²) in [6, 6.07) is 11.4. The maximum absolute atomic E-state index is 6.57. The highest BCUT2D eigenvalue weighted by Gasteiger charge is 2.25. The Morgan fingerprint density at radius 1 is 0.862 bits per heavy atom. The minimum Gasteiger partial charge on any atom is -0.490 e. The molecular formula is C24H33Cl2NO2. The van der Waals surface area contributed by atoms with Crippen LogP contribution in [0.3, 0.4) is 0 Å². The van der Waals surface area contributed by atoms with Crippen molar-refractivity contribution in [3.8, 4) is 11.5 Å².